The van der Waals surface area contributed by atoms with E-state index in [1.807, 2.05) is 0 Å². The number of amides is 2. The van der Waals surface area contributed by atoms with Gasteiger partial charge in [0.2, 0.25) is 0 Å². The third kappa shape index (κ3) is 3.34. The molecule has 5 heteroatoms. The van der Waals surface area contributed by atoms with Gasteiger partial charge in [-0.2, -0.15) is 0 Å². The number of ether oxygens (including phenoxy) is 1. The van der Waals surface area contributed by atoms with E-state index in [4.69, 9.17) is 16.3 Å². The fourth-order valence-corrected chi connectivity index (χ4v) is 3.95. The summed E-state index contributed by atoms with van der Waals surface area (Å²) in [6.45, 7) is 4.93. The highest BCUT2D eigenvalue weighted by atomic mass is 35.5. The molecule has 3 aliphatic carbocycles. The lowest BCUT2D eigenvalue weighted by atomic mass is 9.48. The second-order valence-corrected chi connectivity index (χ2v) is 7.60. The van der Waals surface area contributed by atoms with Crippen LogP contribution in [0.15, 0.2) is 35.9 Å². The minimum Gasteiger partial charge on any atom is -0.449 e. The molecule has 2 atom stereocenters. The molecule has 4 rings (SSSR count). The van der Waals surface area contributed by atoms with E-state index in [0.717, 1.165) is 18.8 Å². The topological polar surface area (TPSA) is 55.4 Å². The zero-order valence-electron chi connectivity index (χ0n) is 14.0. The number of alkyl carbamates (subject to hydrolysis) is 1. The molecule has 0 aromatic heterocycles. The van der Waals surface area contributed by atoms with E-state index in [9.17, 15) is 9.59 Å². The van der Waals surface area contributed by atoms with Crippen molar-refractivity contribution in [2.24, 2.45) is 17.3 Å². The van der Waals surface area contributed by atoms with Crippen LogP contribution in [0.3, 0.4) is 0 Å². The van der Waals surface area contributed by atoms with Crippen LogP contribution >= 0.6 is 11.6 Å². The van der Waals surface area contributed by atoms with Gasteiger partial charge >= 0.3 is 6.09 Å². The first-order valence-electron chi connectivity index (χ1n) is 8.30. The molecule has 0 heterocycles. The van der Waals surface area contributed by atoms with E-state index < -0.39 is 12.0 Å². The lowest BCUT2D eigenvalue weighted by Crippen LogP contribution is -2.48. The first-order valence-corrected chi connectivity index (χ1v) is 8.68. The maximum atomic E-state index is 11.9. The van der Waals surface area contributed by atoms with Crippen LogP contribution in [0.4, 0.5) is 4.79 Å². The molecule has 1 N–H and O–H groups in total. The number of imide groups is 1. The number of rotatable bonds is 4. The smallest absolute Gasteiger partial charge is 0.414 e. The maximum Gasteiger partial charge on any atom is 0.414 e. The van der Waals surface area contributed by atoms with Crippen LogP contribution in [0.1, 0.15) is 43.5 Å². The molecule has 0 radical (unpaired) electrons. The Morgan fingerprint density at radius 2 is 2.00 bits per heavy atom. The summed E-state index contributed by atoms with van der Waals surface area (Å²) >= 11 is 5.77. The van der Waals surface area contributed by atoms with Crippen molar-refractivity contribution in [3.05, 3.63) is 46.5 Å². The number of hydrogen-bond acceptors (Lipinski definition) is 3. The lowest BCUT2D eigenvalue weighted by Gasteiger charge is -2.56. The van der Waals surface area contributed by atoms with Crippen molar-refractivity contribution in [1.29, 1.82) is 0 Å². The van der Waals surface area contributed by atoms with Crippen molar-refractivity contribution >= 4 is 23.6 Å². The van der Waals surface area contributed by atoms with Gasteiger partial charge in [0.25, 0.3) is 5.91 Å². The third-order valence-electron chi connectivity index (χ3n) is 5.53. The van der Waals surface area contributed by atoms with Gasteiger partial charge in [-0.1, -0.05) is 37.1 Å². The molecule has 2 amide bonds. The molecule has 0 unspecified atom stereocenters. The van der Waals surface area contributed by atoms with Crippen molar-refractivity contribution < 1.29 is 14.3 Å². The molecule has 1 saturated carbocycles. The van der Waals surface area contributed by atoms with Crippen LogP contribution in [0.2, 0.25) is 5.02 Å². The summed E-state index contributed by atoms with van der Waals surface area (Å²) in [5.41, 5.74) is 2.13. The predicted molar refractivity (Wildman–Crippen MR) is 93.0 cm³/mol. The Hall–Kier alpha value is -1.81. The molecule has 3 aliphatic rings. The van der Waals surface area contributed by atoms with E-state index in [-0.39, 0.29) is 0 Å². The van der Waals surface area contributed by atoms with E-state index in [2.05, 4.69) is 25.2 Å². The third-order valence-corrected chi connectivity index (χ3v) is 5.78. The zero-order chi connectivity index (χ0) is 17.3. The number of nitrogens with one attached hydrogen (secondary N) is 1. The van der Waals surface area contributed by atoms with Crippen molar-refractivity contribution in [2.45, 2.75) is 33.1 Å². The van der Waals surface area contributed by atoms with Crippen LogP contribution in [-0.2, 0) is 4.74 Å². The van der Waals surface area contributed by atoms with Crippen LogP contribution in [0.25, 0.3) is 0 Å². The van der Waals surface area contributed by atoms with Gasteiger partial charge < -0.3 is 4.74 Å². The number of carbonyl (C=O) groups is 2. The standard InChI is InChI=1S/C19H22ClNO3/c1-19(2)14-6-3-12(16(19)11-14)9-10-24-18(23)21-17(22)13-4-7-15(20)8-5-13/h3-5,7-8,14,16H,6,9-11H2,1-2H3,(H,21,22,23)/t14-,16-/m1/s1. The van der Waals surface area contributed by atoms with Gasteiger partial charge in [-0.15, -0.1) is 0 Å². The molecule has 0 saturated heterocycles. The largest absolute Gasteiger partial charge is 0.449 e. The molecule has 1 aromatic rings. The van der Waals surface area contributed by atoms with Crippen molar-refractivity contribution in [3.63, 3.8) is 0 Å². The summed E-state index contributed by atoms with van der Waals surface area (Å²) in [6.07, 6.45) is 4.70. The monoisotopic (exact) mass is 347 g/mol. The van der Waals surface area contributed by atoms with Gasteiger partial charge in [-0.3, -0.25) is 10.1 Å². The van der Waals surface area contributed by atoms with Gasteiger partial charge in [0, 0.05) is 17.0 Å². The first-order chi connectivity index (χ1) is 11.4. The van der Waals surface area contributed by atoms with Crippen molar-refractivity contribution in [3.8, 4) is 0 Å². The Labute approximate surface area is 147 Å². The maximum absolute atomic E-state index is 11.9. The summed E-state index contributed by atoms with van der Waals surface area (Å²) in [6, 6.07) is 6.33. The minimum absolute atomic E-state index is 0.294. The van der Waals surface area contributed by atoms with Crippen molar-refractivity contribution in [1.82, 2.24) is 5.32 Å². The van der Waals surface area contributed by atoms with E-state index in [1.54, 1.807) is 24.3 Å². The number of allylic oxidation sites excluding steroid dienone is 1. The molecule has 0 aliphatic heterocycles. The normalized spacial score (nSPS) is 23.7. The summed E-state index contributed by atoms with van der Waals surface area (Å²) in [7, 11) is 0. The summed E-state index contributed by atoms with van der Waals surface area (Å²) < 4.78 is 5.16. The summed E-state index contributed by atoms with van der Waals surface area (Å²) in [5.74, 6) is 0.919. The minimum atomic E-state index is -0.711. The number of carbonyl (C=O) groups excluding carboxylic acids is 2. The van der Waals surface area contributed by atoms with Gasteiger partial charge in [0.05, 0.1) is 6.61 Å². The summed E-state index contributed by atoms with van der Waals surface area (Å²) in [4.78, 5) is 23.7. The van der Waals surface area contributed by atoms with Gasteiger partial charge in [0.1, 0.15) is 0 Å². The van der Waals surface area contributed by atoms with Crippen LogP contribution in [0, 0.1) is 17.3 Å². The number of benzene rings is 1. The Balaban J connectivity index is 1.44. The molecule has 1 aromatic carbocycles. The van der Waals surface area contributed by atoms with E-state index >= 15 is 0 Å². The molecular weight excluding hydrogens is 326 g/mol. The Kier molecular flexibility index (Phi) is 4.68. The highest BCUT2D eigenvalue weighted by Crippen LogP contribution is 2.59. The first kappa shape index (κ1) is 17.0. The molecule has 1 fully saturated rings. The van der Waals surface area contributed by atoms with Gasteiger partial charge in [0.15, 0.2) is 0 Å². The number of halogens is 1. The SMILES string of the molecule is CC1(C)[C@@H]2CC=C(CCOC(=O)NC(=O)c3ccc(Cl)cc3)[C@H]1C2. The molecule has 0 spiro atoms. The average molecular weight is 348 g/mol. The molecule has 128 valence electrons. The Morgan fingerprint density at radius 1 is 1.29 bits per heavy atom. The highest BCUT2D eigenvalue weighted by Gasteiger charge is 2.50. The lowest BCUT2D eigenvalue weighted by molar-refractivity contribution is -0.00968. The van der Waals surface area contributed by atoms with Gasteiger partial charge in [-0.25, -0.2) is 4.79 Å². The summed E-state index contributed by atoms with van der Waals surface area (Å²) in [5, 5.41) is 2.77. The Morgan fingerprint density at radius 3 is 2.62 bits per heavy atom. The molecule has 4 nitrogen and oxygen atoms in total. The molecular formula is C19H22ClNO3. The van der Waals surface area contributed by atoms with Crippen LogP contribution < -0.4 is 5.32 Å². The van der Waals surface area contributed by atoms with Crippen LogP contribution in [-0.4, -0.2) is 18.6 Å². The zero-order valence-corrected chi connectivity index (χ0v) is 14.7. The number of hydrogen-bond donors (Lipinski definition) is 1. The highest BCUT2D eigenvalue weighted by molar-refractivity contribution is 6.30. The van der Waals surface area contributed by atoms with Gasteiger partial charge in [-0.05, 0) is 54.4 Å². The molecule has 2 bridgehead atoms. The average Bonchev–Trinajstić information content (AvgIpc) is 2.55. The fraction of sp³-hybridized carbons (Fsp3) is 0.474. The van der Waals surface area contributed by atoms with E-state index in [1.165, 1.54) is 12.0 Å². The second kappa shape index (κ2) is 6.60. The fourth-order valence-electron chi connectivity index (χ4n) is 3.82. The van der Waals surface area contributed by atoms with Crippen molar-refractivity contribution in [2.75, 3.05) is 6.61 Å². The predicted octanol–water partition coefficient (Wildman–Crippen LogP) is 4.59. The second-order valence-electron chi connectivity index (χ2n) is 7.17. The molecule has 24 heavy (non-hydrogen) atoms. The quantitative estimate of drug-likeness (QED) is 0.810. The Bertz CT molecular complexity index is 678. The number of fused-ring (bicyclic) bond motifs is 1. The van der Waals surface area contributed by atoms with E-state index in [0.29, 0.717) is 28.5 Å². The van der Waals surface area contributed by atoms with Crippen LogP contribution in [0.5, 0.6) is 0 Å².